The molecule has 1 atom stereocenters. The van der Waals surface area contributed by atoms with Crippen LogP contribution in [-0.4, -0.2) is 47.5 Å². The third-order valence-electron chi connectivity index (χ3n) is 1.82. The van der Waals surface area contributed by atoms with Crippen LogP contribution in [-0.2, 0) is 4.79 Å². The summed E-state index contributed by atoms with van der Waals surface area (Å²) < 4.78 is 71.7. The average Bonchev–Trinajstić information content (AvgIpc) is 2.08. The molecule has 0 heterocycles. The van der Waals surface area contributed by atoms with Crippen LogP contribution >= 0.6 is 0 Å². The van der Waals surface area contributed by atoms with Crippen LogP contribution in [0.4, 0.5) is 26.3 Å². The van der Waals surface area contributed by atoms with E-state index in [9.17, 15) is 31.1 Å². The number of alkyl halides is 6. The highest BCUT2D eigenvalue weighted by Gasteiger charge is 2.39. The van der Waals surface area contributed by atoms with E-state index >= 15 is 0 Å². The minimum absolute atomic E-state index is 0.0342. The van der Waals surface area contributed by atoms with Crippen molar-refractivity contribution in [3.8, 4) is 0 Å². The van der Waals surface area contributed by atoms with Crippen LogP contribution in [0.3, 0.4) is 0 Å². The van der Waals surface area contributed by atoms with Crippen LogP contribution in [0.5, 0.6) is 0 Å². The Morgan fingerprint density at radius 1 is 1.18 bits per heavy atom. The van der Waals surface area contributed by atoms with Crippen LogP contribution in [0.15, 0.2) is 0 Å². The van der Waals surface area contributed by atoms with E-state index in [1.165, 1.54) is 0 Å². The Hall–Kier alpha value is -0.990. The van der Waals surface area contributed by atoms with Gasteiger partial charge >= 0.3 is 12.4 Å². The minimum atomic E-state index is -4.88. The molecule has 0 bridgehead atoms. The summed E-state index contributed by atoms with van der Waals surface area (Å²) in [7, 11) is 0. The third-order valence-corrected chi connectivity index (χ3v) is 1.82. The Bertz CT molecular complexity index is 262. The highest BCUT2D eigenvalue weighted by atomic mass is 19.4. The van der Waals surface area contributed by atoms with Gasteiger partial charge in [-0.05, 0) is 6.92 Å². The lowest BCUT2D eigenvalue weighted by Crippen LogP contribution is -2.47. The van der Waals surface area contributed by atoms with Gasteiger partial charge in [0.15, 0.2) is 0 Å². The number of hydrogen-bond acceptors (Lipinski definition) is 2. The molecule has 0 rings (SSSR count). The molecule has 102 valence electrons. The first kappa shape index (κ1) is 16.0. The zero-order valence-corrected chi connectivity index (χ0v) is 8.77. The van der Waals surface area contributed by atoms with Gasteiger partial charge in [0.25, 0.3) is 0 Å². The van der Waals surface area contributed by atoms with Crippen molar-refractivity contribution < 1.29 is 36.2 Å². The summed E-state index contributed by atoms with van der Waals surface area (Å²) in [6, 6.07) is -1.33. The highest BCUT2D eigenvalue weighted by Crippen LogP contribution is 2.24. The molecule has 0 radical (unpaired) electrons. The Morgan fingerprint density at radius 2 is 1.65 bits per heavy atom. The summed E-state index contributed by atoms with van der Waals surface area (Å²) in [5.41, 5.74) is 0. The fourth-order valence-electron chi connectivity index (χ4n) is 1.05. The zero-order chi connectivity index (χ0) is 13.9. The Balaban J connectivity index is 4.75. The van der Waals surface area contributed by atoms with E-state index in [4.69, 9.17) is 5.11 Å². The maximum absolute atomic E-state index is 12.0. The summed E-state index contributed by atoms with van der Waals surface area (Å²) in [5.74, 6) is -1.71. The molecule has 9 heteroatoms. The van der Waals surface area contributed by atoms with Gasteiger partial charge in [-0.2, -0.15) is 26.3 Å². The molecule has 1 unspecified atom stereocenters. The molecule has 0 saturated heterocycles. The normalized spacial score (nSPS) is 14.6. The van der Waals surface area contributed by atoms with Gasteiger partial charge in [-0.3, -0.25) is 4.79 Å². The first-order valence-corrected chi connectivity index (χ1v) is 4.50. The molecule has 1 amide bonds. The number of aliphatic hydroxyl groups is 1. The summed E-state index contributed by atoms with van der Waals surface area (Å²) in [4.78, 5) is 11.0. The van der Waals surface area contributed by atoms with E-state index in [-0.39, 0.29) is 4.90 Å². The molecule has 0 spiro atoms. The monoisotopic (exact) mass is 267 g/mol. The van der Waals surface area contributed by atoms with Crippen molar-refractivity contribution >= 4 is 5.91 Å². The molecule has 0 saturated carbocycles. The summed E-state index contributed by atoms with van der Waals surface area (Å²) in [6.45, 7) is -1.64. The topological polar surface area (TPSA) is 40.5 Å². The van der Waals surface area contributed by atoms with Crippen molar-refractivity contribution in [1.82, 2.24) is 4.90 Å². The molecule has 0 aliphatic heterocycles. The molecule has 0 aromatic heterocycles. The second-order valence-corrected chi connectivity index (χ2v) is 3.46. The lowest BCUT2D eigenvalue weighted by molar-refractivity contribution is -0.181. The van der Waals surface area contributed by atoms with E-state index in [2.05, 4.69) is 0 Å². The Morgan fingerprint density at radius 3 is 1.94 bits per heavy atom. The standard InChI is InChI=1S/C8H11F6NO2/c1-5(3-16)15(4-8(12,13)14)6(17)2-7(9,10)11/h5,16H,2-4H2,1H3. The molecule has 0 aliphatic carbocycles. The number of carbonyl (C=O) groups is 1. The lowest BCUT2D eigenvalue weighted by Gasteiger charge is -2.29. The number of hydrogen-bond donors (Lipinski definition) is 1. The third kappa shape index (κ3) is 7.03. The SMILES string of the molecule is CC(CO)N(CC(F)(F)F)C(=O)CC(F)(F)F. The number of amides is 1. The first-order chi connectivity index (χ1) is 7.46. The van der Waals surface area contributed by atoms with Gasteiger partial charge in [-0.25, -0.2) is 0 Å². The highest BCUT2D eigenvalue weighted by molar-refractivity contribution is 5.77. The molecule has 3 nitrogen and oxygen atoms in total. The van der Waals surface area contributed by atoms with Crippen molar-refractivity contribution in [1.29, 1.82) is 0 Å². The molecular formula is C8H11F6NO2. The summed E-state index contributed by atoms with van der Waals surface area (Å²) >= 11 is 0. The van der Waals surface area contributed by atoms with Gasteiger partial charge in [-0.15, -0.1) is 0 Å². The van der Waals surface area contributed by atoms with Gasteiger partial charge in [0.2, 0.25) is 5.91 Å². The molecule has 0 fully saturated rings. The summed E-state index contributed by atoms with van der Waals surface area (Å²) in [6.07, 6.45) is -11.7. The van der Waals surface area contributed by atoms with Crippen LogP contribution < -0.4 is 0 Å². The molecular weight excluding hydrogens is 256 g/mol. The minimum Gasteiger partial charge on any atom is -0.394 e. The van der Waals surface area contributed by atoms with Crippen molar-refractivity contribution in [2.45, 2.75) is 31.7 Å². The zero-order valence-electron chi connectivity index (χ0n) is 8.77. The largest absolute Gasteiger partial charge is 0.406 e. The molecule has 0 aromatic rings. The number of aliphatic hydroxyl groups excluding tert-OH is 1. The maximum Gasteiger partial charge on any atom is 0.406 e. The van der Waals surface area contributed by atoms with Crippen molar-refractivity contribution in [3.63, 3.8) is 0 Å². The van der Waals surface area contributed by atoms with E-state index < -0.39 is 43.9 Å². The maximum atomic E-state index is 12.0. The van der Waals surface area contributed by atoms with Crippen LogP contribution in [0.2, 0.25) is 0 Å². The lowest BCUT2D eigenvalue weighted by atomic mass is 10.2. The summed E-state index contributed by atoms with van der Waals surface area (Å²) in [5, 5.41) is 8.61. The van der Waals surface area contributed by atoms with Crippen LogP contribution in [0.25, 0.3) is 0 Å². The average molecular weight is 267 g/mol. The second-order valence-electron chi connectivity index (χ2n) is 3.46. The van der Waals surface area contributed by atoms with E-state index in [1.807, 2.05) is 0 Å². The van der Waals surface area contributed by atoms with Crippen LogP contribution in [0, 0.1) is 0 Å². The second kappa shape index (κ2) is 5.56. The van der Waals surface area contributed by atoms with E-state index in [1.54, 1.807) is 0 Å². The predicted molar refractivity (Wildman–Crippen MR) is 45.0 cm³/mol. The molecule has 17 heavy (non-hydrogen) atoms. The van der Waals surface area contributed by atoms with Gasteiger partial charge in [-0.1, -0.05) is 0 Å². The Labute approximate surface area is 93.0 Å². The Kier molecular flexibility index (Phi) is 5.24. The quantitative estimate of drug-likeness (QED) is 0.788. The number of carbonyl (C=O) groups excluding carboxylic acids is 1. The van der Waals surface area contributed by atoms with E-state index in [0.717, 1.165) is 6.92 Å². The van der Waals surface area contributed by atoms with Crippen molar-refractivity contribution in [3.05, 3.63) is 0 Å². The van der Waals surface area contributed by atoms with Crippen LogP contribution in [0.1, 0.15) is 13.3 Å². The van der Waals surface area contributed by atoms with E-state index in [0.29, 0.717) is 0 Å². The smallest absolute Gasteiger partial charge is 0.394 e. The van der Waals surface area contributed by atoms with Gasteiger partial charge in [0.1, 0.15) is 13.0 Å². The van der Waals surface area contributed by atoms with Crippen molar-refractivity contribution in [2.75, 3.05) is 13.2 Å². The predicted octanol–water partition coefficient (Wildman–Crippen LogP) is 1.71. The number of nitrogens with zero attached hydrogens (tertiary/aromatic N) is 1. The van der Waals surface area contributed by atoms with Gasteiger partial charge < -0.3 is 10.0 Å². The number of rotatable bonds is 4. The molecule has 0 aliphatic rings. The van der Waals surface area contributed by atoms with Crippen molar-refractivity contribution in [2.24, 2.45) is 0 Å². The fourth-order valence-corrected chi connectivity index (χ4v) is 1.05. The van der Waals surface area contributed by atoms with Gasteiger partial charge in [0.05, 0.1) is 12.6 Å². The first-order valence-electron chi connectivity index (χ1n) is 4.50. The fraction of sp³-hybridized carbons (Fsp3) is 0.875. The van der Waals surface area contributed by atoms with Gasteiger partial charge in [0, 0.05) is 0 Å². The molecule has 0 aromatic carbocycles. The molecule has 1 N–H and O–H groups in total. The number of halogens is 6.